The molecule has 0 aliphatic heterocycles. The van der Waals surface area contributed by atoms with Gasteiger partial charge in [-0.2, -0.15) is 0 Å². The zero-order valence-corrected chi connectivity index (χ0v) is 13.9. The third-order valence-corrected chi connectivity index (χ3v) is 3.26. The number of carbonyl (C=O) groups excluding carboxylic acids is 1. The molecular weight excluding hydrogens is 282 g/mol. The molecule has 22 heavy (non-hydrogen) atoms. The summed E-state index contributed by atoms with van der Waals surface area (Å²) in [4.78, 5) is 11.9. The van der Waals surface area contributed by atoms with Crippen LogP contribution in [0.25, 0.3) is 6.08 Å². The second-order valence-electron chi connectivity index (χ2n) is 4.96. The van der Waals surface area contributed by atoms with E-state index < -0.39 is 0 Å². The summed E-state index contributed by atoms with van der Waals surface area (Å²) < 4.78 is 15.9. The average molecular weight is 307 g/mol. The predicted molar refractivity (Wildman–Crippen MR) is 87.6 cm³/mol. The third kappa shape index (κ3) is 4.69. The van der Waals surface area contributed by atoms with Crippen LogP contribution < -0.4 is 19.5 Å². The van der Waals surface area contributed by atoms with Crippen LogP contribution in [0, 0.1) is 0 Å². The Morgan fingerprint density at radius 2 is 1.86 bits per heavy atom. The van der Waals surface area contributed by atoms with E-state index in [-0.39, 0.29) is 11.9 Å². The molecule has 0 spiro atoms. The SMILES string of the molecule is CCC[C@H](C)NC(=O)/C=C/c1ccc(OC)c(OC)c1OC. The van der Waals surface area contributed by atoms with E-state index in [0.717, 1.165) is 18.4 Å². The minimum Gasteiger partial charge on any atom is -0.493 e. The summed E-state index contributed by atoms with van der Waals surface area (Å²) in [7, 11) is 4.67. The van der Waals surface area contributed by atoms with E-state index in [9.17, 15) is 4.79 Å². The van der Waals surface area contributed by atoms with Gasteiger partial charge in [0, 0.05) is 17.7 Å². The fourth-order valence-electron chi connectivity index (χ4n) is 2.22. The summed E-state index contributed by atoms with van der Waals surface area (Å²) in [5.74, 6) is 1.50. The normalized spacial score (nSPS) is 12.0. The summed E-state index contributed by atoms with van der Waals surface area (Å²) in [6.45, 7) is 4.08. The smallest absolute Gasteiger partial charge is 0.244 e. The second kappa shape index (κ2) is 8.97. The van der Waals surface area contributed by atoms with E-state index in [2.05, 4.69) is 12.2 Å². The standard InChI is InChI=1S/C17H25NO4/c1-6-7-12(2)18-15(19)11-9-13-8-10-14(20-3)17(22-5)16(13)21-4/h8-12H,6-7H2,1-5H3,(H,18,19)/b11-9+/t12-/m0/s1. The van der Waals surface area contributed by atoms with E-state index in [1.165, 1.54) is 6.08 Å². The Kier molecular flexibility index (Phi) is 7.29. The van der Waals surface area contributed by atoms with Crippen LogP contribution >= 0.6 is 0 Å². The molecule has 0 aliphatic rings. The van der Waals surface area contributed by atoms with Crippen molar-refractivity contribution in [3.8, 4) is 17.2 Å². The van der Waals surface area contributed by atoms with Gasteiger partial charge in [0.25, 0.3) is 0 Å². The molecule has 0 saturated heterocycles. The molecule has 1 aromatic carbocycles. The van der Waals surface area contributed by atoms with Crippen LogP contribution in [0.2, 0.25) is 0 Å². The van der Waals surface area contributed by atoms with Crippen LogP contribution in [0.15, 0.2) is 18.2 Å². The number of methoxy groups -OCH3 is 3. The van der Waals surface area contributed by atoms with Gasteiger partial charge in [-0.1, -0.05) is 13.3 Å². The molecule has 0 aliphatic carbocycles. The number of rotatable bonds is 8. The number of ether oxygens (including phenoxy) is 3. The predicted octanol–water partition coefficient (Wildman–Crippen LogP) is 3.03. The number of carbonyl (C=O) groups is 1. The van der Waals surface area contributed by atoms with Crippen LogP contribution in [-0.2, 0) is 4.79 Å². The Hall–Kier alpha value is -2.17. The summed E-state index contributed by atoms with van der Waals surface area (Å²) in [5, 5.41) is 2.92. The van der Waals surface area contributed by atoms with Crippen molar-refractivity contribution in [2.24, 2.45) is 0 Å². The third-order valence-electron chi connectivity index (χ3n) is 3.26. The molecule has 0 saturated carbocycles. The van der Waals surface area contributed by atoms with Gasteiger partial charge in [-0.15, -0.1) is 0 Å². The summed E-state index contributed by atoms with van der Waals surface area (Å²) in [6, 6.07) is 3.76. The van der Waals surface area contributed by atoms with E-state index in [1.807, 2.05) is 13.0 Å². The first-order chi connectivity index (χ1) is 10.6. The van der Waals surface area contributed by atoms with Gasteiger partial charge >= 0.3 is 0 Å². The first kappa shape index (κ1) is 17.9. The van der Waals surface area contributed by atoms with E-state index in [4.69, 9.17) is 14.2 Å². The van der Waals surface area contributed by atoms with Crippen LogP contribution in [0.5, 0.6) is 17.2 Å². The van der Waals surface area contributed by atoms with Crippen LogP contribution in [0.3, 0.4) is 0 Å². The fourth-order valence-corrected chi connectivity index (χ4v) is 2.22. The van der Waals surface area contributed by atoms with Crippen LogP contribution in [-0.4, -0.2) is 33.3 Å². The molecule has 1 aromatic rings. The number of hydrogen-bond donors (Lipinski definition) is 1. The molecule has 122 valence electrons. The maximum atomic E-state index is 11.9. The molecule has 0 aromatic heterocycles. The number of hydrogen-bond acceptors (Lipinski definition) is 4. The van der Waals surface area contributed by atoms with Crippen molar-refractivity contribution >= 4 is 12.0 Å². The largest absolute Gasteiger partial charge is 0.493 e. The minimum absolute atomic E-state index is 0.127. The van der Waals surface area contributed by atoms with Gasteiger partial charge in [-0.05, 0) is 31.6 Å². The molecule has 5 heteroatoms. The zero-order valence-electron chi connectivity index (χ0n) is 13.9. The molecule has 5 nitrogen and oxygen atoms in total. The van der Waals surface area contributed by atoms with Crippen LogP contribution in [0.4, 0.5) is 0 Å². The highest BCUT2D eigenvalue weighted by atomic mass is 16.5. The summed E-state index contributed by atoms with van der Waals surface area (Å²) in [5.41, 5.74) is 0.749. The van der Waals surface area contributed by atoms with E-state index in [0.29, 0.717) is 17.2 Å². The zero-order chi connectivity index (χ0) is 16.5. The van der Waals surface area contributed by atoms with Gasteiger partial charge in [0.2, 0.25) is 11.7 Å². The molecule has 0 fully saturated rings. The van der Waals surface area contributed by atoms with Crippen molar-refractivity contribution in [2.45, 2.75) is 32.7 Å². The average Bonchev–Trinajstić information content (AvgIpc) is 2.51. The number of benzene rings is 1. The molecule has 0 radical (unpaired) electrons. The second-order valence-corrected chi connectivity index (χ2v) is 4.96. The van der Waals surface area contributed by atoms with Crippen molar-refractivity contribution in [3.05, 3.63) is 23.8 Å². The highest BCUT2D eigenvalue weighted by molar-refractivity contribution is 5.92. The molecule has 0 unspecified atom stereocenters. The first-order valence-corrected chi connectivity index (χ1v) is 7.34. The first-order valence-electron chi connectivity index (χ1n) is 7.34. The number of amides is 1. The van der Waals surface area contributed by atoms with Crippen molar-refractivity contribution in [3.63, 3.8) is 0 Å². The monoisotopic (exact) mass is 307 g/mol. The maximum Gasteiger partial charge on any atom is 0.244 e. The quantitative estimate of drug-likeness (QED) is 0.750. The Balaban J connectivity index is 2.93. The van der Waals surface area contributed by atoms with Gasteiger partial charge in [0.05, 0.1) is 21.3 Å². The van der Waals surface area contributed by atoms with Crippen LogP contribution in [0.1, 0.15) is 32.3 Å². The van der Waals surface area contributed by atoms with Gasteiger partial charge in [0.1, 0.15) is 0 Å². The van der Waals surface area contributed by atoms with Gasteiger partial charge in [-0.3, -0.25) is 4.79 Å². The molecule has 1 amide bonds. The highest BCUT2D eigenvalue weighted by Crippen LogP contribution is 2.40. The highest BCUT2D eigenvalue weighted by Gasteiger charge is 2.14. The maximum absolute atomic E-state index is 11.9. The lowest BCUT2D eigenvalue weighted by Gasteiger charge is -2.14. The Labute approximate surface area is 132 Å². The lowest BCUT2D eigenvalue weighted by Crippen LogP contribution is -2.30. The molecule has 1 rings (SSSR count). The molecule has 1 N–H and O–H groups in total. The number of nitrogens with one attached hydrogen (secondary N) is 1. The molecule has 0 heterocycles. The molecular formula is C17H25NO4. The Morgan fingerprint density at radius 1 is 1.18 bits per heavy atom. The summed E-state index contributed by atoms with van der Waals surface area (Å²) in [6.07, 6.45) is 5.19. The molecule has 0 bridgehead atoms. The summed E-state index contributed by atoms with van der Waals surface area (Å²) >= 11 is 0. The Bertz CT molecular complexity index is 526. The lowest BCUT2D eigenvalue weighted by atomic mass is 10.1. The van der Waals surface area contributed by atoms with Crippen molar-refractivity contribution in [1.29, 1.82) is 0 Å². The van der Waals surface area contributed by atoms with Crippen molar-refractivity contribution in [2.75, 3.05) is 21.3 Å². The topological polar surface area (TPSA) is 56.8 Å². The van der Waals surface area contributed by atoms with E-state index >= 15 is 0 Å². The van der Waals surface area contributed by atoms with E-state index in [1.54, 1.807) is 33.5 Å². The van der Waals surface area contributed by atoms with Gasteiger partial charge in [0.15, 0.2) is 11.5 Å². The van der Waals surface area contributed by atoms with Gasteiger partial charge in [-0.25, -0.2) is 0 Å². The van der Waals surface area contributed by atoms with Crippen molar-refractivity contribution in [1.82, 2.24) is 5.32 Å². The lowest BCUT2D eigenvalue weighted by molar-refractivity contribution is -0.117. The minimum atomic E-state index is -0.127. The van der Waals surface area contributed by atoms with Crippen molar-refractivity contribution < 1.29 is 19.0 Å². The Morgan fingerprint density at radius 3 is 2.41 bits per heavy atom. The van der Waals surface area contributed by atoms with Gasteiger partial charge < -0.3 is 19.5 Å². The fraction of sp³-hybridized carbons (Fsp3) is 0.471. The molecule has 1 atom stereocenters.